The van der Waals surface area contributed by atoms with Gasteiger partial charge in [0, 0.05) is 20.1 Å². The van der Waals surface area contributed by atoms with Gasteiger partial charge in [0.2, 0.25) is 5.95 Å². The van der Waals surface area contributed by atoms with Crippen molar-refractivity contribution in [2.24, 2.45) is 4.99 Å². The Balaban J connectivity index is 2.28. The molecule has 0 saturated carbocycles. The van der Waals surface area contributed by atoms with Crippen LogP contribution in [-0.4, -0.2) is 36.4 Å². The van der Waals surface area contributed by atoms with E-state index in [4.69, 9.17) is 0 Å². The lowest BCUT2D eigenvalue weighted by Crippen LogP contribution is -2.19. The summed E-state index contributed by atoms with van der Waals surface area (Å²) >= 11 is 1.43. The smallest absolute Gasteiger partial charge is 0.224 e. The molecule has 0 spiro atoms. The number of pyridine rings is 1. The van der Waals surface area contributed by atoms with Gasteiger partial charge in [0.15, 0.2) is 0 Å². The Kier molecular flexibility index (Phi) is 3.99. The van der Waals surface area contributed by atoms with Crippen molar-refractivity contribution < 1.29 is 4.39 Å². The molecule has 2 heterocycles. The summed E-state index contributed by atoms with van der Waals surface area (Å²) in [5.74, 6) is 0.310. The lowest BCUT2D eigenvalue weighted by molar-refractivity contribution is 0.580. The van der Waals surface area contributed by atoms with Gasteiger partial charge < -0.3 is 4.90 Å². The number of hydrogen-bond donors (Lipinski definition) is 0. The molecule has 0 atom stereocenters. The molecule has 0 amide bonds. The van der Waals surface area contributed by atoms with Gasteiger partial charge in [-0.25, -0.2) is 4.98 Å². The van der Waals surface area contributed by atoms with Crippen LogP contribution in [0.1, 0.15) is 18.4 Å². The van der Waals surface area contributed by atoms with Gasteiger partial charge in [-0.1, -0.05) is 0 Å². The number of nitrogens with zero attached hydrogens (tertiary/aromatic N) is 3. The van der Waals surface area contributed by atoms with Crippen LogP contribution in [0.25, 0.3) is 0 Å². The monoisotopic (exact) mass is 253 g/mol. The van der Waals surface area contributed by atoms with Crippen LogP contribution in [0.4, 0.5) is 10.2 Å². The van der Waals surface area contributed by atoms with E-state index in [-0.39, 0.29) is 0 Å². The second-order valence-electron chi connectivity index (χ2n) is 3.93. The molecular weight excluding hydrogens is 237 g/mol. The first-order chi connectivity index (χ1) is 8.26. The molecule has 5 heteroatoms. The molecule has 1 aliphatic rings. The molecular formula is C12H16FN3S. The van der Waals surface area contributed by atoms with Crippen LogP contribution >= 0.6 is 11.8 Å². The largest absolute Gasteiger partial charge is 0.357 e. The Labute approximate surface area is 105 Å². The van der Waals surface area contributed by atoms with E-state index < -0.39 is 5.95 Å². The molecule has 0 unspecified atom stereocenters. The van der Waals surface area contributed by atoms with Crippen LogP contribution in [0.2, 0.25) is 0 Å². The Morgan fingerprint density at radius 2 is 2.12 bits per heavy atom. The second kappa shape index (κ2) is 5.49. The van der Waals surface area contributed by atoms with Gasteiger partial charge in [-0.15, -0.1) is 11.8 Å². The molecule has 1 saturated heterocycles. The first-order valence-corrected chi connectivity index (χ1v) is 6.91. The summed E-state index contributed by atoms with van der Waals surface area (Å²) in [5, 5.41) is 0.683. The minimum atomic E-state index is -0.427. The summed E-state index contributed by atoms with van der Waals surface area (Å²) < 4.78 is 13.9. The number of hydrogen-bond acceptors (Lipinski definition) is 4. The molecule has 1 aliphatic heterocycles. The lowest BCUT2D eigenvalue weighted by Gasteiger charge is -2.16. The van der Waals surface area contributed by atoms with E-state index in [1.54, 1.807) is 13.1 Å². The number of rotatable bonds is 2. The van der Waals surface area contributed by atoms with Crippen molar-refractivity contribution in [2.75, 3.05) is 31.3 Å². The zero-order valence-corrected chi connectivity index (χ0v) is 10.9. The van der Waals surface area contributed by atoms with Crippen molar-refractivity contribution in [3.63, 3.8) is 0 Å². The predicted molar refractivity (Wildman–Crippen MR) is 71.6 cm³/mol. The van der Waals surface area contributed by atoms with Crippen molar-refractivity contribution in [1.29, 1.82) is 0 Å². The highest BCUT2D eigenvalue weighted by Gasteiger charge is 2.16. The topological polar surface area (TPSA) is 28.5 Å². The first kappa shape index (κ1) is 12.4. The normalized spacial score (nSPS) is 16.6. The third-order valence-electron chi connectivity index (χ3n) is 2.89. The minimum absolute atomic E-state index is 0.427. The number of anilines is 1. The Morgan fingerprint density at radius 3 is 2.65 bits per heavy atom. The van der Waals surface area contributed by atoms with Gasteiger partial charge in [-0.05, 0) is 31.2 Å². The van der Waals surface area contributed by atoms with Gasteiger partial charge in [0.05, 0.1) is 5.56 Å². The lowest BCUT2D eigenvalue weighted by atomic mass is 10.3. The van der Waals surface area contributed by atoms with Gasteiger partial charge in [0.1, 0.15) is 10.9 Å². The summed E-state index contributed by atoms with van der Waals surface area (Å²) in [6.45, 7) is 1.95. The van der Waals surface area contributed by atoms with Crippen molar-refractivity contribution in [3.05, 3.63) is 23.6 Å². The van der Waals surface area contributed by atoms with E-state index in [1.165, 1.54) is 11.8 Å². The highest BCUT2D eigenvalue weighted by molar-refractivity contribution is 8.13. The number of aliphatic imine (C=N–C) groups is 1. The minimum Gasteiger partial charge on any atom is -0.357 e. The van der Waals surface area contributed by atoms with Crippen molar-refractivity contribution in [3.8, 4) is 0 Å². The molecule has 1 aromatic rings. The Morgan fingerprint density at radius 1 is 1.41 bits per heavy atom. The molecule has 0 radical (unpaired) electrons. The highest BCUT2D eigenvalue weighted by atomic mass is 32.2. The number of halogens is 1. The van der Waals surface area contributed by atoms with Crippen molar-refractivity contribution in [2.45, 2.75) is 12.8 Å². The number of thioether (sulfide) groups is 1. The quantitative estimate of drug-likeness (QED) is 0.461. The number of aromatic nitrogens is 1. The average molecular weight is 253 g/mol. The molecule has 0 bridgehead atoms. The fraction of sp³-hybridized carbons (Fsp3) is 0.500. The van der Waals surface area contributed by atoms with Crippen LogP contribution < -0.4 is 4.90 Å². The average Bonchev–Trinajstić information content (AvgIpc) is 2.86. The zero-order valence-electron chi connectivity index (χ0n) is 10.1. The molecule has 17 heavy (non-hydrogen) atoms. The standard InChI is InChI=1S/C12H16FN3S/c1-14-12(17-2)9-5-6-10(15-11(9)13)16-7-3-4-8-16/h5-6H,3-4,7-8H2,1-2H3. The van der Waals surface area contributed by atoms with Crippen molar-refractivity contribution in [1.82, 2.24) is 4.98 Å². The molecule has 92 valence electrons. The summed E-state index contributed by atoms with van der Waals surface area (Å²) in [4.78, 5) is 10.2. The van der Waals surface area contributed by atoms with E-state index in [2.05, 4.69) is 14.9 Å². The van der Waals surface area contributed by atoms with E-state index in [1.807, 2.05) is 12.3 Å². The summed E-state index contributed by atoms with van der Waals surface area (Å²) in [6, 6.07) is 3.65. The molecule has 0 N–H and O–H groups in total. The predicted octanol–water partition coefficient (Wildman–Crippen LogP) is 2.56. The maximum atomic E-state index is 13.9. The highest BCUT2D eigenvalue weighted by Crippen LogP contribution is 2.21. The molecule has 3 nitrogen and oxygen atoms in total. The third-order valence-corrected chi connectivity index (χ3v) is 3.68. The fourth-order valence-electron chi connectivity index (χ4n) is 2.03. The van der Waals surface area contributed by atoms with Gasteiger partial charge in [-0.2, -0.15) is 4.39 Å². The van der Waals surface area contributed by atoms with Crippen LogP contribution in [0.3, 0.4) is 0 Å². The van der Waals surface area contributed by atoms with Crippen LogP contribution in [0.15, 0.2) is 17.1 Å². The Bertz CT molecular complexity index is 428. The van der Waals surface area contributed by atoms with E-state index >= 15 is 0 Å². The van der Waals surface area contributed by atoms with Crippen LogP contribution in [-0.2, 0) is 0 Å². The van der Waals surface area contributed by atoms with Gasteiger partial charge in [0.25, 0.3) is 0 Å². The van der Waals surface area contributed by atoms with Crippen molar-refractivity contribution >= 4 is 22.6 Å². The van der Waals surface area contributed by atoms with Crippen LogP contribution in [0, 0.1) is 5.95 Å². The first-order valence-electron chi connectivity index (χ1n) is 5.69. The third kappa shape index (κ3) is 2.60. The molecule has 0 aromatic carbocycles. The van der Waals surface area contributed by atoms with Crippen LogP contribution in [0.5, 0.6) is 0 Å². The second-order valence-corrected chi connectivity index (χ2v) is 4.73. The SMILES string of the molecule is CN=C(SC)c1ccc(N2CCCC2)nc1F. The van der Waals surface area contributed by atoms with Gasteiger partial charge >= 0.3 is 0 Å². The van der Waals surface area contributed by atoms with E-state index in [9.17, 15) is 4.39 Å². The molecule has 1 aromatic heterocycles. The molecule has 0 aliphatic carbocycles. The molecule has 2 rings (SSSR count). The maximum absolute atomic E-state index is 13.9. The summed E-state index contributed by atoms with van der Waals surface area (Å²) in [6.07, 6.45) is 4.21. The maximum Gasteiger partial charge on any atom is 0.224 e. The molecule has 1 fully saturated rings. The summed E-state index contributed by atoms with van der Waals surface area (Å²) in [7, 11) is 1.67. The zero-order chi connectivity index (χ0) is 12.3. The van der Waals surface area contributed by atoms with Gasteiger partial charge in [-0.3, -0.25) is 4.99 Å². The van der Waals surface area contributed by atoms with E-state index in [0.29, 0.717) is 10.6 Å². The van der Waals surface area contributed by atoms with E-state index in [0.717, 1.165) is 31.7 Å². The Hall–Kier alpha value is -1.10. The fourth-order valence-corrected chi connectivity index (χ4v) is 2.58. The summed E-state index contributed by atoms with van der Waals surface area (Å²) in [5.41, 5.74) is 0.489.